The zero-order valence-corrected chi connectivity index (χ0v) is 12.8. The molecule has 114 valence electrons. The van der Waals surface area contributed by atoms with Crippen LogP contribution < -0.4 is 10.9 Å². The summed E-state index contributed by atoms with van der Waals surface area (Å²) >= 11 is 1.39. The number of nitrogens with one attached hydrogen (secondary N) is 2. The molecule has 2 amide bonds. The Kier molecular flexibility index (Phi) is 5.43. The lowest BCUT2D eigenvalue weighted by Gasteiger charge is -2.13. The highest BCUT2D eigenvalue weighted by molar-refractivity contribution is 8.00. The Balaban J connectivity index is 1.87. The molecule has 2 rings (SSSR count). The van der Waals surface area contributed by atoms with E-state index in [9.17, 15) is 14.7 Å². The maximum absolute atomic E-state index is 12.0. The standard InChI is InChI=1S/C16H16N2O3S/c1-11(22-12-7-3-2-4-8-12)15(20)17-18-16(21)13-9-5-6-10-14(13)19/h2-11,19H,1H3,(H,17,20)(H,18,21)/t11-/m0/s1. The summed E-state index contributed by atoms with van der Waals surface area (Å²) in [4.78, 5) is 24.8. The predicted molar refractivity (Wildman–Crippen MR) is 85.5 cm³/mol. The lowest BCUT2D eigenvalue weighted by Crippen LogP contribution is -2.44. The van der Waals surface area contributed by atoms with Crippen LogP contribution in [-0.4, -0.2) is 22.2 Å². The first-order chi connectivity index (χ1) is 10.6. The van der Waals surface area contributed by atoms with E-state index in [0.717, 1.165) is 4.90 Å². The summed E-state index contributed by atoms with van der Waals surface area (Å²) < 4.78 is 0. The van der Waals surface area contributed by atoms with Gasteiger partial charge < -0.3 is 5.11 Å². The van der Waals surface area contributed by atoms with Crippen molar-refractivity contribution in [2.45, 2.75) is 17.1 Å². The molecule has 5 nitrogen and oxygen atoms in total. The fourth-order valence-corrected chi connectivity index (χ4v) is 2.60. The van der Waals surface area contributed by atoms with Crippen LogP contribution in [0, 0.1) is 0 Å². The van der Waals surface area contributed by atoms with Gasteiger partial charge in [0.2, 0.25) is 0 Å². The fourth-order valence-electron chi connectivity index (χ4n) is 1.71. The predicted octanol–water partition coefficient (Wildman–Crippen LogP) is 2.33. The summed E-state index contributed by atoms with van der Waals surface area (Å²) in [7, 11) is 0. The SMILES string of the molecule is C[C@H](Sc1ccccc1)C(=O)NNC(=O)c1ccccc1O. The molecule has 0 spiro atoms. The van der Waals surface area contributed by atoms with Gasteiger partial charge in [-0.2, -0.15) is 0 Å². The number of carbonyl (C=O) groups excluding carboxylic acids is 2. The van der Waals surface area contributed by atoms with Gasteiger partial charge in [0.15, 0.2) is 0 Å². The van der Waals surface area contributed by atoms with Gasteiger partial charge in [0.05, 0.1) is 10.8 Å². The van der Waals surface area contributed by atoms with Gasteiger partial charge in [0.1, 0.15) is 5.75 Å². The quantitative estimate of drug-likeness (QED) is 0.597. The Bertz CT molecular complexity index is 661. The van der Waals surface area contributed by atoms with Crippen LogP contribution >= 0.6 is 11.8 Å². The highest BCUT2D eigenvalue weighted by Gasteiger charge is 2.16. The maximum atomic E-state index is 12.0. The van der Waals surface area contributed by atoms with Crippen LogP contribution in [0.3, 0.4) is 0 Å². The van der Waals surface area contributed by atoms with E-state index in [1.807, 2.05) is 30.3 Å². The molecular formula is C16H16N2O3S. The number of hydrogen-bond donors (Lipinski definition) is 3. The summed E-state index contributed by atoms with van der Waals surface area (Å²) in [6.45, 7) is 1.75. The lowest BCUT2D eigenvalue weighted by molar-refractivity contribution is -0.121. The second kappa shape index (κ2) is 7.51. The molecule has 0 aromatic heterocycles. The summed E-state index contributed by atoms with van der Waals surface area (Å²) in [6.07, 6.45) is 0. The van der Waals surface area contributed by atoms with Crippen molar-refractivity contribution in [2.24, 2.45) is 0 Å². The average molecular weight is 316 g/mol. The molecule has 0 bridgehead atoms. The molecule has 2 aromatic carbocycles. The van der Waals surface area contributed by atoms with E-state index in [1.54, 1.807) is 19.1 Å². The number of thioether (sulfide) groups is 1. The normalized spacial score (nSPS) is 11.5. The van der Waals surface area contributed by atoms with E-state index in [-0.39, 0.29) is 22.5 Å². The second-order valence-corrected chi connectivity index (χ2v) is 5.95. The third-order valence-corrected chi connectivity index (χ3v) is 3.99. The summed E-state index contributed by atoms with van der Waals surface area (Å²) in [6, 6.07) is 15.6. The molecule has 0 saturated carbocycles. The number of phenolic OH excluding ortho intramolecular Hbond substituents is 1. The van der Waals surface area contributed by atoms with Gasteiger partial charge in [-0.3, -0.25) is 20.4 Å². The van der Waals surface area contributed by atoms with E-state index < -0.39 is 5.91 Å². The molecule has 0 saturated heterocycles. The third kappa shape index (κ3) is 4.26. The van der Waals surface area contributed by atoms with Crippen molar-refractivity contribution in [3.63, 3.8) is 0 Å². The van der Waals surface area contributed by atoms with Crippen molar-refractivity contribution >= 4 is 23.6 Å². The molecule has 6 heteroatoms. The molecule has 1 atom stereocenters. The van der Waals surface area contributed by atoms with Crippen LogP contribution in [0.2, 0.25) is 0 Å². The van der Waals surface area contributed by atoms with Crippen LogP contribution in [0.25, 0.3) is 0 Å². The van der Waals surface area contributed by atoms with Crippen molar-refractivity contribution in [3.8, 4) is 5.75 Å². The van der Waals surface area contributed by atoms with Gasteiger partial charge in [-0.25, -0.2) is 0 Å². The van der Waals surface area contributed by atoms with Gasteiger partial charge in [-0.05, 0) is 31.2 Å². The molecule has 0 radical (unpaired) electrons. The fraction of sp³-hybridized carbons (Fsp3) is 0.125. The number of carbonyl (C=O) groups is 2. The average Bonchev–Trinajstić information content (AvgIpc) is 2.53. The number of amides is 2. The molecule has 2 aromatic rings. The zero-order valence-electron chi connectivity index (χ0n) is 11.9. The van der Waals surface area contributed by atoms with Crippen molar-refractivity contribution in [1.29, 1.82) is 0 Å². The Hall–Kier alpha value is -2.47. The minimum atomic E-state index is -0.566. The monoisotopic (exact) mass is 316 g/mol. The van der Waals surface area contributed by atoms with Gasteiger partial charge in [-0.15, -0.1) is 11.8 Å². The number of benzene rings is 2. The van der Waals surface area contributed by atoms with Crippen molar-refractivity contribution in [3.05, 3.63) is 60.2 Å². The molecule has 3 N–H and O–H groups in total. The van der Waals surface area contributed by atoms with E-state index in [2.05, 4.69) is 10.9 Å². The minimum absolute atomic E-state index is 0.103. The largest absolute Gasteiger partial charge is 0.507 e. The number of hydrazine groups is 1. The summed E-state index contributed by atoms with van der Waals surface area (Å²) in [5.74, 6) is -1.03. The number of hydrogen-bond acceptors (Lipinski definition) is 4. The first-order valence-corrected chi connectivity index (χ1v) is 7.56. The zero-order chi connectivity index (χ0) is 15.9. The smallest absolute Gasteiger partial charge is 0.273 e. The topological polar surface area (TPSA) is 78.4 Å². The van der Waals surface area contributed by atoms with Crippen molar-refractivity contribution < 1.29 is 14.7 Å². The van der Waals surface area contributed by atoms with E-state index in [0.29, 0.717) is 0 Å². The summed E-state index contributed by atoms with van der Waals surface area (Å²) in [5, 5.41) is 9.20. The maximum Gasteiger partial charge on any atom is 0.273 e. The first kappa shape index (κ1) is 15.9. The number of aromatic hydroxyl groups is 1. The Labute approximate surface area is 132 Å². The number of rotatable bonds is 4. The molecule has 0 aliphatic heterocycles. The van der Waals surface area contributed by atoms with Gasteiger partial charge in [0.25, 0.3) is 11.8 Å². The highest BCUT2D eigenvalue weighted by Crippen LogP contribution is 2.22. The van der Waals surface area contributed by atoms with Gasteiger partial charge >= 0.3 is 0 Å². The van der Waals surface area contributed by atoms with Crippen LogP contribution in [0.15, 0.2) is 59.5 Å². The van der Waals surface area contributed by atoms with E-state index in [4.69, 9.17) is 0 Å². The summed E-state index contributed by atoms with van der Waals surface area (Å²) in [5.41, 5.74) is 4.76. The second-order valence-electron chi connectivity index (χ2n) is 4.53. The minimum Gasteiger partial charge on any atom is -0.507 e. The third-order valence-electron chi connectivity index (χ3n) is 2.87. The molecule has 0 unspecified atom stereocenters. The molecular weight excluding hydrogens is 300 g/mol. The molecule has 0 aliphatic rings. The van der Waals surface area contributed by atoms with Gasteiger partial charge in [0, 0.05) is 4.90 Å². The van der Waals surface area contributed by atoms with Crippen LogP contribution in [0.5, 0.6) is 5.75 Å². The van der Waals surface area contributed by atoms with Gasteiger partial charge in [-0.1, -0.05) is 30.3 Å². The Morgan fingerprint density at radius 3 is 2.32 bits per heavy atom. The highest BCUT2D eigenvalue weighted by atomic mass is 32.2. The Morgan fingerprint density at radius 1 is 1.00 bits per heavy atom. The number of phenols is 1. The van der Waals surface area contributed by atoms with E-state index >= 15 is 0 Å². The van der Waals surface area contributed by atoms with E-state index in [1.165, 1.54) is 23.9 Å². The van der Waals surface area contributed by atoms with Crippen LogP contribution in [0.1, 0.15) is 17.3 Å². The first-order valence-electron chi connectivity index (χ1n) is 6.68. The number of para-hydroxylation sites is 1. The molecule has 22 heavy (non-hydrogen) atoms. The van der Waals surface area contributed by atoms with Crippen molar-refractivity contribution in [1.82, 2.24) is 10.9 Å². The van der Waals surface area contributed by atoms with Crippen LogP contribution in [0.4, 0.5) is 0 Å². The van der Waals surface area contributed by atoms with Crippen molar-refractivity contribution in [2.75, 3.05) is 0 Å². The van der Waals surface area contributed by atoms with Crippen LogP contribution in [-0.2, 0) is 4.79 Å². The Morgan fingerprint density at radius 2 is 1.64 bits per heavy atom. The molecule has 0 heterocycles. The molecule has 0 fully saturated rings. The lowest BCUT2D eigenvalue weighted by atomic mass is 10.2. The molecule has 0 aliphatic carbocycles.